The zero-order valence-electron chi connectivity index (χ0n) is 19.1. The summed E-state index contributed by atoms with van der Waals surface area (Å²) in [6.07, 6.45) is -9.44. The highest BCUT2D eigenvalue weighted by Gasteiger charge is 2.40. The van der Waals surface area contributed by atoms with Gasteiger partial charge in [-0.3, -0.25) is 9.59 Å². The molecule has 190 valence electrons. The third kappa shape index (κ3) is 3.47. The molecule has 2 heterocycles. The van der Waals surface area contributed by atoms with Gasteiger partial charge < -0.3 is 4.57 Å². The Morgan fingerprint density at radius 1 is 0.579 bits per heavy atom. The molecule has 4 aromatic carbocycles. The Hall–Kier alpha value is -4.60. The zero-order valence-corrected chi connectivity index (χ0v) is 19.1. The Labute approximate surface area is 210 Å². The van der Waals surface area contributed by atoms with Crippen molar-refractivity contribution in [2.45, 2.75) is 12.4 Å². The molecule has 0 spiro atoms. The summed E-state index contributed by atoms with van der Waals surface area (Å²) in [6.45, 7) is 0. The van der Waals surface area contributed by atoms with Crippen LogP contribution in [0.5, 0.6) is 0 Å². The van der Waals surface area contributed by atoms with Crippen LogP contribution in [-0.4, -0.2) is 16.4 Å². The second-order valence-electron chi connectivity index (χ2n) is 8.78. The van der Waals surface area contributed by atoms with Gasteiger partial charge >= 0.3 is 12.4 Å². The second kappa shape index (κ2) is 7.95. The number of aromatic nitrogens is 1. The molecule has 0 N–H and O–H groups in total. The zero-order chi connectivity index (χ0) is 27.0. The lowest BCUT2D eigenvalue weighted by molar-refractivity contribution is -0.138. The lowest BCUT2D eigenvalue weighted by atomic mass is 10.1. The molecule has 6 rings (SSSR count). The standard InChI is InChI=1S/C28H14F6N2O2/c29-27(30,31)15-9-11-18-19-12-10-16(28(32,33)34)14-23(19)36(22(18)13-15)21-8-4-7-20-24(21)26(38)35(25(20)37)17-5-2-1-3-6-17/h1-14H. The van der Waals surface area contributed by atoms with Crippen molar-refractivity contribution in [2.75, 3.05) is 4.90 Å². The molecule has 0 saturated carbocycles. The quantitative estimate of drug-likeness (QED) is 0.176. The molecule has 0 aliphatic carbocycles. The molecule has 0 bridgehead atoms. The number of imide groups is 1. The van der Waals surface area contributed by atoms with Crippen LogP contribution < -0.4 is 4.90 Å². The average Bonchev–Trinajstić information content (AvgIpc) is 3.34. The SMILES string of the molecule is O=C1c2cccc(-n3c4cc(C(F)(F)F)ccc4c4ccc(C(F)(F)F)cc43)c2C(=O)N1c1ccccc1. The molecule has 0 unspecified atom stereocenters. The van der Waals surface area contributed by atoms with Crippen LogP contribution >= 0.6 is 0 Å². The summed E-state index contributed by atoms with van der Waals surface area (Å²) < 4.78 is 83.0. The van der Waals surface area contributed by atoms with Crippen LogP contribution in [0.25, 0.3) is 27.5 Å². The predicted octanol–water partition coefficient (Wildman–Crippen LogP) is 7.62. The molecule has 1 aromatic heterocycles. The fourth-order valence-corrected chi connectivity index (χ4v) is 4.90. The molecule has 0 atom stereocenters. The molecule has 0 radical (unpaired) electrons. The number of carbonyl (C=O) groups is 2. The van der Waals surface area contributed by atoms with Gasteiger partial charge in [0.25, 0.3) is 11.8 Å². The minimum Gasteiger partial charge on any atom is -0.308 e. The summed E-state index contributed by atoms with van der Waals surface area (Å²) in [5, 5.41) is 0.520. The molecule has 4 nitrogen and oxygen atoms in total. The van der Waals surface area contributed by atoms with Crippen LogP contribution in [0.1, 0.15) is 31.8 Å². The summed E-state index contributed by atoms with van der Waals surface area (Å²) in [7, 11) is 0. The van der Waals surface area contributed by atoms with E-state index in [9.17, 15) is 35.9 Å². The normalized spacial score (nSPS) is 14.1. The van der Waals surface area contributed by atoms with Crippen molar-refractivity contribution in [3.63, 3.8) is 0 Å². The lowest BCUT2D eigenvalue weighted by Gasteiger charge is -2.15. The first-order valence-corrected chi connectivity index (χ1v) is 11.3. The number of fused-ring (bicyclic) bond motifs is 4. The third-order valence-corrected chi connectivity index (χ3v) is 6.57. The van der Waals surface area contributed by atoms with E-state index >= 15 is 0 Å². The van der Waals surface area contributed by atoms with Crippen molar-refractivity contribution < 1.29 is 35.9 Å². The Bertz CT molecular complexity index is 1710. The highest BCUT2D eigenvalue weighted by molar-refractivity contribution is 6.35. The number of para-hydroxylation sites is 1. The Morgan fingerprint density at radius 3 is 1.66 bits per heavy atom. The van der Waals surface area contributed by atoms with E-state index in [1.54, 1.807) is 30.3 Å². The highest BCUT2D eigenvalue weighted by atomic mass is 19.4. The number of amides is 2. The molecular weight excluding hydrogens is 510 g/mol. The first-order valence-electron chi connectivity index (χ1n) is 11.3. The maximum atomic E-state index is 13.6. The van der Waals surface area contributed by atoms with E-state index in [0.29, 0.717) is 0 Å². The molecule has 1 aliphatic rings. The van der Waals surface area contributed by atoms with Gasteiger partial charge in [0, 0.05) is 10.8 Å². The van der Waals surface area contributed by atoms with Gasteiger partial charge in [-0.05, 0) is 48.5 Å². The summed E-state index contributed by atoms with van der Waals surface area (Å²) in [5.41, 5.74) is -1.97. The molecular formula is C28H14F6N2O2. The van der Waals surface area contributed by atoms with Crippen LogP contribution in [0.4, 0.5) is 32.0 Å². The van der Waals surface area contributed by atoms with E-state index < -0.39 is 35.3 Å². The minimum absolute atomic E-state index is 0.00192. The largest absolute Gasteiger partial charge is 0.416 e. The monoisotopic (exact) mass is 524 g/mol. The maximum Gasteiger partial charge on any atom is 0.416 e. The third-order valence-electron chi connectivity index (χ3n) is 6.57. The van der Waals surface area contributed by atoms with Crippen molar-refractivity contribution in [1.29, 1.82) is 0 Å². The number of hydrogen-bond donors (Lipinski definition) is 0. The number of hydrogen-bond acceptors (Lipinski definition) is 2. The first-order chi connectivity index (χ1) is 18.0. The number of alkyl halides is 6. The van der Waals surface area contributed by atoms with Gasteiger partial charge in [0.05, 0.1) is 44.7 Å². The van der Waals surface area contributed by atoms with Gasteiger partial charge in [-0.15, -0.1) is 0 Å². The van der Waals surface area contributed by atoms with Crippen LogP contribution in [-0.2, 0) is 12.4 Å². The fourth-order valence-electron chi connectivity index (χ4n) is 4.90. The summed E-state index contributed by atoms with van der Waals surface area (Å²) >= 11 is 0. The molecule has 5 aromatic rings. The topological polar surface area (TPSA) is 42.3 Å². The van der Waals surface area contributed by atoms with Crippen molar-refractivity contribution in [3.05, 3.63) is 107 Å². The molecule has 0 fully saturated rings. The van der Waals surface area contributed by atoms with E-state index in [-0.39, 0.29) is 44.3 Å². The van der Waals surface area contributed by atoms with E-state index in [1.165, 1.54) is 34.9 Å². The minimum atomic E-state index is -4.72. The number of anilines is 1. The van der Waals surface area contributed by atoms with Crippen LogP contribution in [0.2, 0.25) is 0 Å². The van der Waals surface area contributed by atoms with E-state index in [2.05, 4.69) is 0 Å². The van der Waals surface area contributed by atoms with Crippen LogP contribution in [0.15, 0.2) is 84.9 Å². The Balaban J connectivity index is 1.69. The first kappa shape index (κ1) is 23.8. The molecule has 10 heteroatoms. The summed E-state index contributed by atoms with van der Waals surface area (Å²) in [6, 6.07) is 18.0. The van der Waals surface area contributed by atoms with Crippen LogP contribution in [0.3, 0.4) is 0 Å². The van der Waals surface area contributed by atoms with E-state index in [0.717, 1.165) is 29.2 Å². The van der Waals surface area contributed by atoms with Crippen molar-refractivity contribution in [2.24, 2.45) is 0 Å². The number of carbonyl (C=O) groups excluding carboxylic acids is 2. The van der Waals surface area contributed by atoms with Crippen molar-refractivity contribution >= 4 is 39.3 Å². The molecule has 38 heavy (non-hydrogen) atoms. The number of benzene rings is 4. The Kier molecular flexibility index (Phi) is 4.97. The van der Waals surface area contributed by atoms with Crippen molar-refractivity contribution in [3.8, 4) is 5.69 Å². The Morgan fingerprint density at radius 2 is 1.13 bits per heavy atom. The highest BCUT2D eigenvalue weighted by Crippen LogP contribution is 2.41. The van der Waals surface area contributed by atoms with Gasteiger partial charge in [0.15, 0.2) is 0 Å². The van der Waals surface area contributed by atoms with Gasteiger partial charge in [-0.1, -0.05) is 36.4 Å². The van der Waals surface area contributed by atoms with Gasteiger partial charge in [-0.25, -0.2) is 4.90 Å². The summed E-state index contributed by atoms with van der Waals surface area (Å²) in [5.74, 6) is -1.38. The molecule has 2 amide bonds. The van der Waals surface area contributed by atoms with Gasteiger partial charge in [0.2, 0.25) is 0 Å². The lowest BCUT2D eigenvalue weighted by Crippen LogP contribution is -2.29. The van der Waals surface area contributed by atoms with Crippen LogP contribution in [0, 0.1) is 0 Å². The summed E-state index contributed by atoms with van der Waals surface area (Å²) in [4.78, 5) is 27.7. The van der Waals surface area contributed by atoms with Gasteiger partial charge in [-0.2, -0.15) is 26.3 Å². The van der Waals surface area contributed by atoms with E-state index in [4.69, 9.17) is 0 Å². The fraction of sp³-hybridized carbons (Fsp3) is 0.0714. The average molecular weight is 524 g/mol. The predicted molar refractivity (Wildman–Crippen MR) is 128 cm³/mol. The number of rotatable bonds is 2. The maximum absolute atomic E-state index is 13.6. The van der Waals surface area contributed by atoms with E-state index in [1.807, 2.05) is 0 Å². The molecule has 1 aliphatic heterocycles. The van der Waals surface area contributed by atoms with Gasteiger partial charge in [0.1, 0.15) is 0 Å². The second-order valence-corrected chi connectivity index (χ2v) is 8.78. The smallest absolute Gasteiger partial charge is 0.308 e. The number of halogens is 6. The van der Waals surface area contributed by atoms with Crippen molar-refractivity contribution in [1.82, 2.24) is 4.57 Å². The molecule has 0 saturated heterocycles. The number of nitrogens with zero attached hydrogens (tertiary/aromatic N) is 2.